The second-order valence-electron chi connectivity index (χ2n) is 11.8. The smallest absolute Gasteiger partial charge is 0.0470 e. The van der Waals surface area contributed by atoms with Gasteiger partial charge in [-0.2, -0.15) is 0 Å². The lowest BCUT2D eigenvalue weighted by Crippen LogP contribution is -2.15. The van der Waals surface area contributed by atoms with Crippen molar-refractivity contribution in [2.75, 3.05) is 4.90 Å². The van der Waals surface area contributed by atoms with Crippen molar-refractivity contribution < 1.29 is 0 Å². The summed E-state index contributed by atoms with van der Waals surface area (Å²) in [5, 5.41) is 14.6. The zero-order valence-corrected chi connectivity index (χ0v) is 23.6. The molecule has 0 aromatic heterocycles. The third kappa shape index (κ3) is 3.50. The van der Waals surface area contributed by atoms with E-state index in [9.17, 15) is 0 Å². The first kappa shape index (κ1) is 23.6. The van der Waals surface area contributed by atoms with Crippen LogP contribution in [0.3, 0.4) is 0 Å². The average molecular weight is 536 g/mol. The minimum absolute atomic E-state index is 1.06. The highest BCUT2D eigenvalue weighted by Crippen LogP contribution is 2.42. The molecule has 1 nitrogen and oxygen atoms in total. The highest BCUT2D eigenvalue weighted by atomic mass is 15.1. The monoisotopic (exact) mass is 535 g/mol. The van der Waals surface area contributed by atoms with E-state index < -0.39 is 0 Å². The summed E-state index contributed by atoms with van der Waals surface area (Å²) in [5.74, 6) is 0. The van der Waals surface area contributed by atoms with Gasteiger partial charge in [-0.1, -0.05) is 97.1 Å². The molecule has 0 saturated heterocycles. The average Bonchev–Trinajstić information content (AvgIpc) is 3.03. The second-order valence-corrected chi connectivity index (χ2v) is 11.8. The summed E-state index contributed by atoms with van der Waals surface area (Å²) in [7, 11) is 0. The molecule has 0 fully saturated rings. The molecule has 0 aliphatic heterocycles. The lowest BCUT2D eigenvalue weighted by Gasteiger charge is -2.28. The van der Waals surface area contributed by atoms with Gasteiger partial charge in [0.15, 0.2) is 0 Å². The number of hydrogen-bond donors (Lipinski definition) is 0. The van der Waals surface area contributed by atoms with Crippen LogP contribution in [-0.4, -0.2) is 0 Å². The topological polar surface area (TPSA) is 3.24 Å². The fourth-order valence-electron chi connectivity index (χ4n) is 7.35. The van der Waals surface area contributed by atoms with Crippen LogP contribution in [0.1, 0.15) is 17.5 Å². The van der Waals surface area contributed by atoms with E-state index in [-0.39, 0.29) is 0 Å². The molecule has 8 aromatic rings. The molecule has 0 atom stereocenters. The molecule has 9 rings (SSSR count). The van der Waals surface area contributed by atoms with Gasteiger partial charge >= 0.3 is 0 Å². The predicted octanol–water partition coefficient (Wildman–Crippen LogP) is 10.7. The largest absolute Gasteiger partial charge is 0.310 e. The van der Waals surface area contributed by atoms with Crippen LogP contribution in [0.25, 0.3) is 59.9 Å². The van der Waals surface area contributed by atoms with Gasteiger partial charge in [0.2, 0.25) is 0 Å². The summed E-state index contributed by atoms with van der Waals surface area (Å²) in [6, 6.07) is 47.4. The standard InChI is InChI=1S/C41H29N/c1-26-20-31-12-6-15-37-39-25-35(24-32-13-7-14-36(41(32)39)38(21-26)40(31)37)42(33-18-16-27-8-2-4-10-29(27)22-33)34-19-17-28-9-3-5-11-30(28)23-34/h2-6,8-12,14-25H,7,13H2,1H3. The third-order valence-corrected chi connectivity index (χ3v) is 9.18. The van der Waals surface area contributed by atoms with Crippen LogP contribution in [0.2, 0.25) is 0 Å². The first-order valence-electron chi connectivity index (χ1n) is 14.9. The Bertz CT molecular complexity index is 2350. The molecule has 0 N–H and O–H groups in total. The van der Waals surface area contributed by atoms with E-state index in [1.54, 1.807) is 0 Å². The van der Waals surface area contributed by atoms with Crippen LogP contribution in [0, 0.1) is 6.92 Å². The molecule has 0 heterocycles. The minimum atomic E-state index is 1.06. The van der Waals surface area contributed by atoms with Gasteiger partial charge in [0.25, 0.3) is 0 Å². The van der Waals surface area contributed by atoms with E-state index in [0.29, 0.717) is 0 Å². The molecule has 198 valence electrons. The molecule has 0 spiro atoms. The molecule has 8 aromatic carbocycles. The van der Waals surface area contributed by atoms with Gasteiger partial charge in [-0.3, -0.25) is 0 Å². The van der Waals surface area contributed by atoms with Crippen LogP contribution in [0.4, 0.5) is 17.1 Å². The summed E-state index contributed by atoms with van der Waals surface area (Å²) in [4.78, 5) is 2.46. The van der Waals surface area contributed by atoms with Gasteiger partial charge in [-0.25, -0.2) is 0 Å². The van der Waals surface area contributed by atoms with Crippen molar-refractivity contribution in [1.82, 2.24) is 0 Å². The van der Waals surface area contributed by atoms with Crippen LogP contribution in [-0.2, 0) is 6.42 Å². The maximum absolute atomic E-state index is 2.47. The Morgan fingerprint density at radius 1 is 0.476 bits per heavy atom. The van der Waals surface area contributed by atoms with Crippen molar-refractivity contribution >= 4 is 77.0 Å². The van der Waals surface area contributed by atoms with E-state index in [1.807, 2.05) is 0 Å². The fraction of sp³-hybridized carbons (Fsp3) is 0.0732. The lowest BCUT2D eigenvalue weighted by molar-refractivity contribution is 1.04. The maximum Gasteiger partial charge on any atom is 0.0470 e. The molecular weight excluding hydrogens is 506 g/mol. The van der Waals surface area contributed by atoms with Gasteiger partial charge in [-0.15, -0.1) is 0 Å². The third-order valence-electron chi connectivity index (χ3n) is 9.18. The second kappa shape index (κ2) is 8.93. The summed E-state index contributed by atoms with van der Waals surface area (Å²) >= 11 is 0. The molecule has 1 heteroatoms. The van der Waals surface area contributed by atoms with Gasteiger partial charge in [0.05, 0.1) is 0 Å². The number of anilines is 3. The maximum atomic E-state index is 2.47. The summed E-state index contributed by atoms with van der Waals surface area (Å²) in [6.07, 6.45) is 4.59. The number of benzene rings is 8. The fourth-order valence-corrected chi connectivity index (χ4v) is 7.35. The van der Waals surface area contributed by atoms with Gasteiger partial charge in [0, 0.05) is 17.1 Å². The number of fused-ring (bicyclic) bond motifs is 4. The molecule has 1 aliphatic carbocycles. The quantitative estimate of drug-likeness (QED) is 0.161. The van der Waals surface area contributed by atoms with Crippen molar-refractivity contribution in [3.8, 4) is 0 Å². The number of hydrogen-bond acceptors (Lipinski definition) is 1. The Labute approximate surface area is 244 Å². The highest BCUT2D eigenvalue weighted by molar-refractivity contribution is 6.23. The van der Waals surface area contributed by atoms with E-state index in [1.165, 1.54) is 87.3 Å². The summed E-state index contributed by atoms with van der Waals surface area (Å²) in [5.41, 5.74) is 6.32. The Morgan fingerprint density at radius 3 is 1.86 bits per heavy atom. The molecule has 42 heavy (non-hydrogen) atoms. The summed E-state index contributed by atoms with van der Waals surface area (Å²) < 4.78 is 0. The Morgan fingerprint density at radius 2 is 1.14 bits per heavy atom. The van der Waals surface area contributed by atoms with Crippen LogP contribution >= 0.6 is 0 Å². The van der Waals surface area contributed by atoms with Crippen molar-refractivity contribution in [3.63, 3.8) is 0 Å². The van der Waals surface area contributed by atoms with Crippen LogP contribution in [0.15, 0.2) is 127 Å². The first-order valence-corrected chi connectivity index (χ1v) is 14.9. The molecule has 0 unspecified atom stereocenters. The molecule has 0 amide bonds. The van der Waals surface area contributed by atoms with E-state index in [2.05, 4.69) is 145 Å². The van der Waals surface area contributed by atoms with Crippen molar-refractivity contribution in [3.05, 3.63) is 144 Å². The number of nitrogens with zero attached hydrogens (tertiary/aromatic N) is 1. The van der Waals surface area contributed by atoms with Crippen LogP contribution in [0.5, 0.6) is 0 Å². The van der Waals surface area contributed by atoms with Crippen molar-refractivity contribution in [2.24, 2.45) is 0 Å². The van der Waals surface area contributed by atoms with Crippen molar-refractivity contribution in [2.45, 2.75) is 19.8 Å². The van der Waals surface area contributed by atoms with Gasteiger partial charge in [-0.05, 0) is 126 Å². The predicted molar refractivity (Wildman–Crippen MR) is 181 cm³/mol. The molecule has 1 aliphatic rings. The first-order chi connectivity index (χ1) is 20.7. The molecular formula is C41H29N. The summed E-state index contributed by atoms with van der Waals surface area (Å²) in [6.45, 7) is 2.22. The van der Waals surface area contributed by atoms with Gasteiger partial charge in [0.1, 0.15) is 0 Å². The van der Waals surface area contributed by atoms with Crippen molar-refractivity contribution in [1.29, 1.82) is 0 Å². The Hall–Kier alpha value is -5.14. The number of aryl methyl sites for hydroxylation is 2. The Kier molecular flexibility index (Phi) is 5.01. The molecule has 0 saturated carbocycles. The van der Waals surface area contributed by atoms with E-state index >= 15 is 0 Å². The number of rotatable bonds is 3. The SMILES string of the molecule is Cc1cc2cccc3c4cc(N(c5ccc6ccccc6c5)c5ccc6ccccc6c5)cc5c4c(c(c1)c23)=CCC5. The van der Waals surface area contributed by atoms with Crippen LogP contribution < -0.4 is 10.1 Å². The van der Waals surface area contributed by atoms with E-state index in [0.717, 1.165) is 12.8 Å². The highest BCUT2D eigenvalue weighted by Gasteiger charge is 2.20. The zero-order valence-electron chi connectivity index (χ0n) is 23.6. The minimum Gasteiger partial charge on any atom is -0.310 e. The van der Waals surface area contributed by atoms with Gasteiger partial charge < -0.3 is 4.90 Å². The molecule has 0 radical (unpaired) electrons. The zero-order chi connectivity index (χ0) is 27.8. The Balaban J connectivity index is 1.38. The lowest BCUT2D eigenvalue weighted by atomic mass is 9.86. The normalized spacial score (nSPS) is 12.9. The van der Waals surface area contributed by atoms with E-state index in [4.69, 9.17) is 0 Å². The molecule has 0 bridgehead atoms.